The van der Waals surface area contributed by atoms with Gasteiger partial charge in [-0.15, -0.1) is 0 Å². The number of carboxylic acids is 2. The van der Waals surface area contributed by atoms with Gasteiger partial charge in [-0.05, 0) is 40.8 Å². The molecule has 0 saturated heterocycles. The van der Waals surface area contributed by atoms with E-state index in [1.165, 1.54) is 6.07 Å². The molecule has 3 N–H and O–H groups in total. The fraction of sp³-hybridized carbons (Fsp3) is 0.185. The Morgan fingerprint density at radius 2 is 1.71 bits per heavy atom. The van der Waals surface area contributed by atoms with Crippen molar-refractivity contribution >= 4 is 39.8 Å². The van der Waals surface area contributed by atoms with Gasteiger partial charge in [0.25, 0.3) is 0 Å². The van der Waals surface area contributed by atoms with Crippen molar-refractivity contribution in [3.8, 4) is 0 Å². The van der Waals surface area contributed by atoms with E-state index in [1.807, 2.05) is 12.1 Å². The lowest BCUT2D eigenvalue weighted by Crippen LogP contribution is -2.12. The zero-order chi connectivity index (χ0) is 24.2. The number of rotatable bonds is 9. The van der Waals surface area contributed by atoms with Crippen LogP contribution in [0.2, 0.25) is 0 Å². The van der Waals surface area contributed by atoms with Gasteiger partial charge in [0, 0.05) is 29.4 Å². The van der Waals surface area contributed by atoms with Gasteiger partial charge in [-0.2, -0.15) is 0 Å². The number of unbranched alkanes of at least 4 members (excludes halogenated alkanes) is 1. The quantitative estimate of drug-likeness (QED) is 0.215. The molecule has 0 aliphatic heterocycles. The first kappa shape index (κ1) is 23.3. The molecular formula is C27H24N2O4S. The van der Waals surface area contributed by atoms with E-state index in [0.29, 0.717) is 34.2 Å². The molecule has 0 atom stereocenters. The van der Waals surface area contributed by atoms with Crippen LogP contribution in [0.4, 0.5) is 0 Å². The Balaban J connectivity index is 2.02. The maximum Gasteiger partial charge on any atom is 0.336 e. The van der Waals surface area contributed by atoms with Gasteiger partial charge in [0.2, 0.25) is 0 Å². The molecule has 0 radical (unpaired) electrons. The maximum atomic E-state index is 12.4. The molecule has 0 bridgehead atoms. The van der Waals surface area contributed by atoms with Gasteiger partial charge in [-0.1, -0.05) is 68.0 Å². The third kappa shape index (κ3) is 4.47. The standard InChI is InChI=1S/C27H24N2O4S/c1-2-3-7-16-12-17(13-18-14-28-15-29-18)23-21(24(16)27(32)33)10-6-11-22(23)25(34)19-8-4-5-9-20(19)26(30)31/h4-6,8-12,14-15H,2-3,7,13H2,1H3,(H,28,29)(H,30,31)(H,32,33). The Labute approximate surface area is 202 Å². The second-order valence-electron chi connectivity index (χ2n) is 8.14. The highest BCUT2D eigenvalue weighted by molar-refractivity contribution is 7.81. The molecule has 3 aromatic carbocycles. The Hall–Kier alpha value is -3.84. The minimum Gasteiger partial charge on any atom is -0.478 e. The van der Waals surface area contributed by atoms with Gasteiger partial charge >= 0.3 is 11.9 Å². The van der Waals surface area contributed by atoms with Gasteiger partial charge in [0.05, 0.1) is 22.3 Å². The SMILES string of the molecule is CCCCc1cc(Cc2cnc[nH]2)c2c(C(=S)c3ccccc3C(=O)O)cccc2c1C(=O)O. The van der Waals surface area contributed by atoms with Crippen molar-refractivity contribution in [2.45, 2.75) is 32.6 Å². The number of thiocarbonyl (C=S) groups is 1. The van der Waals surface area contributed by atoms with Crippen LogP contribution in [0.15, 0.2) is 61.1 Å². The van der Waals surface area contributed by atoms with Gasteiger partial charge in [0.15, 0.2) is 0 Å². The normalized spacial score (nSPS) is 11.0. The van der Waals surface area contributed by atoms with Crippen molar-refractivity contribution in [2.24, 2.45) is 0 Å². The number of aryl methyl sites for hydroxylation is 1. The number of aromatic carboxylic acids is 2. The Kier molecular flexibility index (Phi) is 6.84. The first-order chi connectivity index (χ1) is 16.4. The Morgan fingerprint density at radius 1 is 0.971 bits per heavy atom. The maximum absolute atomic E-state index is 12.4. The lowest BCUT2D eigenvalue weighted by atomic mass is 9.86. The molecule has 0 unspecified atom stereocenters. The zero-order valence-electron chi connectivity index (χ0n) is 18.7. The van der Waals surface area contributed by atoms with Crippen LogP contribution in [0.1, 0.15) is 68.4 Å². The number of carboxylic acid groups (broad SMARTS) is 2. The molecule has 1 heterocycles. The Bertz CT molecular complexity index is 1390. The van der Waals surface area contributed by atoms with Crippen LogP contribution in [0.25, 0.3) is 10.8 Å². The van der Waals surface area contributed by atoms with E-state index in [-0.39, 0.29) is 11.1 Å². The van der Waals surface area contributed by atoms with Crippen LogP contribution in [0.3, 0.4) is 0 Å². The molecule has 0 aliphatic carbocycles. The molecule has 1 aromatic heterocycles. The van der Waals surface area contributed by atoms with Crippen LogP contribution < -0.4 is 0 Å². The zero-order valence-corrected chi connectivity index (χ0v) is 19.5. The molecule has 0 fully saturated rings. The number of hydrogen-bond acceptors (Lipinski definition) is 4. The molecule has 172 valence electrons. The largest absolute Gasteiger partial charge is 0.478 e. The number of carbonyl (C=O) groups is 2. The van der Waals surface area contributed by atoms with Gasteiger partial charge < -0.3 is 15.2 Å². The molecule has 4 aromatic rings. The van der Waals surface area contributed by atoms with E-state index in [4.69, 9.17) is 12.2 Å². The molecular weight excluding hydrogens is 448 g/mol. The Morgan fingerprint density at radius 3 is 2.35 bits per heavy atom. The van der Waals surface area contributed by atoms with E-state index in [1.54, 1.807) is 42.9 Å². The number of aromatic amines is 1. The van der Waals surface area contributed by atoms with Crippen molar-refractivity contribution in [1.82, 2.24) is 9.97 Å². The van der Waals surface area contributed by atoms with Crippen molar-refractivity contribution in [1.29, 1.82) is 0 Å². The molecule has 6 nitrogen and oxygen atoms in total. The van der Waals surface area contributed by atoms with Crippen molar-refractivity contribution < 1.29 is 19.8 Å². The molecule has 0 amide bonds. The smallest absolute Gasteiger partial charge is 0.336 e. The predicted molar refractivity (Wildman–Crippen MR) is 135 cm³/mol. The highest BCUT2D eigenvalue weighted by Gasteiger charge is 2.23. The number of benzene rings is 3. The summed E-state index contributed by atoms with van der Waals surface area (Å²) in [5.41, 5.74) is 4.03. The summed E-state index contributed by atoms with van der Waals surface area (Å²) >= 11 is 5.81. The summed E-state index contributed by atoms with van der Waals surface area (Å²) in [6, 6.07) is 14.0. The summed E-state index contributed by atoms with van der Waals surface area (Å²) in [4.78, 5) is 31.8. The number of H-pyrrole nitrogens is 1. The number of nitrogens with zero attached hydrogens (tertiary/aromatic N) is 1. The van der Waals surface area contributed by atoms with Crippen LogP contribution in [-0.2, 0) is 12.8 Å². The molecule has 34 heavy (non-hydrogen) atoms. The molecule has 0 spiro atoms. The highest BCUT2D eigenvalue weighted by atomic mass is 32.1. The molecule has 0 saturated carbocycles. The predicted octanol–water partition coefficient (Wildman–Crippen LogP) is 5.66. The second kappa shape index (κ2) is 9.97. The average molecular weight is 473 g/mol. The van der Waals surface area contributed by atoms with Crippen LogP contribution in [0, 0.1) is 0 Å². The monoisotopic (exact) mass is 472 g/mol. The minimum absolute atomic E-state index is 0.109. The third-order valence-electron chi connectivity index (χ3n) is 5.92. The summed E-state index contributed by atoms with van der Waals surface area (Å²) in [7, 11) is 0. The number of nitrogens with one attached hydrogen (secondary N) is 1. The summed E-state index contributed by atoms with van der Waals surface area (Å²) in [6.45, 7) is 2.07. The summed E-state index contributed by atoms with van der Waals surface area (Å²) in [5, 5.41) is 21.2. The van der Waals surface area contributed by atoms with E-state index >= 15 is 0 Å². The van der Waals surface area contributed by atoms with Crippen LogP contribution in [0.5, 0.6) is 0 Å². The van der Waals surface area contributed by atoms with Crippen LogP contribution in [-0.4, -0.2) is 37.0 Å². The van der Waals surface area contributed by atoms with Gasteiger partial charge in [-0.25, -0.2) is 14.6 Å². The van der Waals surface area contributed by atoms with Gasteiger partial charge in [-0.3, -0.25) is 0 Å². The fourth-order valence-corrected chi connectivity index (χ4v) is 4.73. The first-order valence-corrected chi connectivity index (χ1v) is 11.5. The number of imidazole rings is 1. The van der Waals surface area contributed by atoms with E-state index in [2.05, 4.69) is 16.9 Å². The number of aromatic nitrogens is 2. The summed E-state index contributed by atoms with van der Waals surface area (Å²) in [5.74, 6) is -2.05. The second-order valence-corrected chi connectivity index (χ2v) is 8.55. The summed E-state index contributed by atoms with van der Waals surface area (Å²) < 4.78 is 0. The fourth-order valence-electron chi connectivity index (χ4n) is 4.38. The highest BCUT2D eigenvalue weighted by Crippen LogP contribution is 2.33. The average Bonchev–Trinajstić information content (AvgIpc) is 3.34. The first-order valence-electron chi connectivity index (χ1n) is 11.1. The molecule has 4 rings (SSSR count). The topological polar surface area (TPSA) is 103 Å². The molecule has 7 heteroatoms. The minimum atomic E-state index is -1.07. The lowest BCUT2D eigenvalue weighted by Gasteiger charge is -2.18. The van der Waals surface area contributed by atoms with E-state index < -0.39 is 11.9 Å². The van der Waals surface area contributed by atoms with Crippen molar-refractivity contribution in [3.63, 3.8) is 0 Å². The van der Waals surface area contributed by atoms with E-state index in [9.17, 15) is 19.8 Å². The molecule has 0 aliphatic rings. The number of fused-ring (bicyclic) bond motifs is 1. The van der Waals surface area contributed by atoms with Crippen LogP contribution >= 0.6 is 12.2 Å². The number of hydrogen-bond donors (Lipinski definition) is 3. The van der Waals surface area contributed by atoms with Crippen molar-refractivity contribution in [2.75, 3.05) is 0 Å². The summed E-state index contributed by atoms with van der Waals surface area (Å²) in [6.07, 6.45) is 6.33. The van der Waals surface area contributed by atoms with Gasteiger partial charge in [0.1, 0.15) is 0 Å². The lowest BCUT2D eigenvalue weighted by molar-refractivity contribution is 0.0686. The third-order valence-corrected chi connectivity index (χ3v) is 6.36. The van der Waals surface area contributed by atoms with Crippen molar-refractivity contribution in [3.05, 3.63) is 100 Å². The van der Waals surface area contributed by atoms with E-state index in [0.717, 1.165) is 35.0 Å².